The summed E-state index contributed by atoms with van der Waals surface area (Å²) in [5.74, 6) is 0.597. The molecule has 0 aliphatic carbocycles. The van der Waals surface area contributed by atoms with Crippen molar-refractivity contribution in [1.82, 2.24) is 20.1 Å². The fourth-order valence-corrected chi connectivity index (χ4v) is 3.93. The summed E-state index contributed by atoms with van der Waals surface area (Å²) in [6.07, 6.45) is 0.274. The molecule has 0 bridgehead atoms. The minimum Gasteiger partial charge on any atom is -0.454 e. The molecular formula is C23H16N4O4S. The van der Waals surface area contributed by atoms with Crippen LogP contribution in [-0.2, 0) is 17.8 Å². The molecule has 8 nitrogen and oxygen atoms in total. The standard InChI is InChI=1S/C23H16N4O4S/c28-21-17-7-3-4-8-18(17)24-19(25-21)11-14-5-1-2-6-16(14)23(29)30-12-20-26-22(31-27-20)15-9-10-32-13-15/h1-10,13H,11-12H2,(H,24,25,28). The minimum absolute atomic E-state index is 0.119. The van der Waals surface area contributed by atoms with Gasteiger partial charge in [0.25, 0.3) is 11.4 Å². The van der Waals surface area contributed by atoms with Crippen LogP contribution < -0.4 is 5.56 Å². The van der Waals surface area contributed by atoms with Gasteiger partial charge >= 0.3 is 5.97 Å². The number of esters is 1. The van der Waals surface area contributed by atoms with E-state index in [9.17, 15) is 9.59 Å². The molecule has 32 heavy (non-hydrogen) atoms. The van der Waals surface area contributed by atoms with E-state index in [4.69, 9.17) is 9.26 Å². The van der Waals surface area contributed by atoms with Crippen LogP contribution in [0.3, 0.4) is 0 Å². The molecule has 2 aromatic carbocycles. The third kappa shape index (κ3) is 4.06. The zero-order chi connectivity index (χ0) is 21.9. The largest absolute Gasteiger partial charge is 0.454 e. The first-order valence-corrected chi connectivity index (χ1v) is 10.7. The van der Waals surface area contributed by atoms with Crippen molar-refractivity contribution in [2.45, 2.75) is 13.0 Å². The summed E-state index contributed by atoms with van der Waals surface area (Å²) < 4.78 is 10.6. The van der Waals surface area contributed by atoms with Crippen LogP contribution in [0.15, 0.2) is 74.7 Å². The van der Waals surface area contributed by atoms with Crippen molar-refractivity contribution in [3.8, 4) is 11.5 Å². The lowest BCUT2D eigenvalue weighted by Crippen LogP contribution is -2.14. The summed E-state index contributed by atoms with van der Waals surface area (Å²) in [5, 5.41) is 8.18. The van der Waals surface area contributed by atoms with Crippen LogP contribution in [0, 0.1) is 0 Å². The Morgan fingerprint density at radius 2 is 1.91 bits per heavy atom. The molecule has 1 N–H and O–H groups in total. The average Bonchev–Trinajstić information content (AvgIpc) is 3.50. The van der Waals surface area contributed by atoms with Crippen molar-refractivity contribution in [2.75, 3.05) is 0 Å². The molecule has 0 amide bonds. The zero-order valence-corrected chi connectivity index (χ0v) is 17.5. The number of thiophene rings is 1. The monoisotopic (exact) mass is 444 g/mol. The lowest BCUT2D eigenvalue weighted by atomic mass is 10.0. The second kappa shape index (κ2) is 8.56. The normalized spacial score (nSPS) is 11.0. The van der Waals surface area contributed by atoms with E-state index in [0.717, 1.165) is 5.56 Å². The highest BCUT2D eigenvalue weighted by molar-refractivity contribution is 7.08. The molecule has 3 heterocycles. The maximum Gasteiger partial charge on any atom is 0.338 e. The summed E-state index contributed by atoms with van der Waals surface area (Å²) in [4.78, 5) is 36.6. The molecule has 0 saturated heterocycles. The molecule has 0 radical (unpaired) electrons. The van der Waals surface area contributed by atoms with Gasteiger partial charge in [-0.05, 0) is 35.2 Å². The predicted octanol–water partition coefficient (Wildman–Crippen LogP) is 3.98. The molecule has 5 rings (SSSR count). The van der Waals surface area contributed by atoms with Gasteiger partial charge in [-0.15, -0.1) is 0 Å². The van der Waals surface area contributed by atoms with E-state index in [1.165, 1.54) is 11.3 Å². The summed E-state index contributed by atoms with van der Waals surface area (Å²) in [7, 11) is 0. The molecule has 3 aromatic heterocycles. The number of H-pyrrole nitrogens is 1. The summed E-state index contributed by atoms with van der Waals surface area (Å²) in [6.45, 7) is -0.119. The van der Waals surface area contributed by atoms with Crippen molar-refractivity contribution < 1.29 is 14.1 Å². The number of carbonyl (C=O) groups is 1. The van der Waals surface area contributed by atoms with Gasteiger partial charge in [-0.3, -0.25) is 4.79 Å². The molecule has 0 fully saturated rings. The zero-order valence-electron chi connectivity index (χ0n) is 16.6. The van der Waals surface area contributed by atoms with Crippen molar-refractivity contribution in [3.63, 3.8) is 0 Å². The Bertz CT molecular complexity index is 1460. The predicted molar refractivity (Wildman–Crippen MR) is 118 cm³/mol. The van der Waals surface area contributed by atoms with Gasteiger partial charge in [0.1, 0.15) is 5.82 Å². The number of ether oxygens (including phenoxy) is 1. The fourth-order valence-electron chi connectivity index (χ4n) is 3.30. The number of para-hydroxylation sites is 1. The molecule has 5 aromatic rings. The SMILES string of the molecule is O=C(OCc1noc(-c2ccsc2)n1)c1ccccc1Cc1nc2ccccc2c(=O)[nH]1. The molecule has 9 heteroatoms. The Hall–Kier alpha value is -4.11. The van der Waals surface area contributed by atoms with Gasteiger partial charge in [-0.1, -0.05) is 35.5 Å². The highest BCUT2D eigenvalue weighted by Crippen LogP contribution is 2.20. The number of aromatic nitrogens is 4. The van der Waals surface area contributed by atoms with Gasteiger partial charge in [0.05, 0.1) is 22.0 Å². The van der Waals surface area contributed by atoms with Crippen LogP contribution >= 0.6 is 11.3 Å². The topological polar surface area (TPSA) is 111 Å². The Labute approximate surface area is 185 Å². The van der Waals surface area contributed by atoms with Crippen LogP contribution in [0.1, 0.15) is 27.6 Å². The first kappa shape index (κ1) is 19.8. The van der Waals surface area contributed by atoms with Crippen molar-refractivity contribution >= 4 is 28.2 Å². The molecule has 0 saturated carbocycles. The quantitative estimate of drug-likeness (QED) is 0.394. The van der Waals surface area contributed by atoms with E-state index < -0.39 is 5.97 Å². The molecule has 0 aliphatic heterocycles. The Morgan fingerprint density at radius 3 is 2.78 bits per heavy atom. The Kier molecular flexibility index (Phi) is 5.30. The Morgan fingerprint density at radius 1 is 1.06 bits per heavy atom. The number of nitrogens with zero attached hydrogens (tertiary/aromatic N) is 3. The number of benzene rings is 2. The number of nitrogens with one attached hydrogen (secondary N) is 1. The number of carbonyl (C=O) groups excluding carboxylic acids is 1. The number of hydrogen-bond donors (Lipinski definition) is 1. The van der Waals surface area contributed by atoms with E-state index in [-0.39, 0.29) is 24.4 Å². The molecule has 0 spiro atoms. The fraction of sp³-hybridized carbons (Fsp3) is 0.0870. The third-order valence-electron chi connectivity index (χ3n) is 4.83. The average molecular weight is 444 g/mol. The van der Waals surface area contributed by atoms with Gasteiger partial charge in [0.2, 0.25) is 5.82 Å². The van der Waals surface area contributed by atoms with E-state index in [1.54, 1.807) is 36.4 Å². The number of hydrogen-bond acceptors (Lipinski definition) is 8. The van der Waals surface area contributed by atoms with E-state index >= 15 is 0 Å². The van der Waals surface area contributed by atoms with Gasteiger partial charge in [-0.25, -0.2) is 9.78 Å². The first-order chi connectivity index (χ1) is 15.7. The number of rotatable bonds is 6. The highest BCUT2D eigenvalue weighted by Gasteiger charge is 2.16. The summed E-state index contributed by atoms with van der Waals surface area (Å²) in [5.41, 5.74) is 2.27. The van der Waals surface area contributed by atoms with E-state index in [0.29, 0.717) is 33.7 Å². The van der Waals surface area contributed by atoms with Crippen LogP contribution in [0.5, 0.6) is 0 Å². The molecule has 158 valence electrons. The van der Waals surface area contributed by atoms with Crippen LogP contribution in [-0.4, -0.2) is 26.1 Å². The highest BCUT2D eigenvalue weighted by atomic mass is 32.1. The maximum atomic E-state index is 12.7. The van der Waals surface area contributed by atoms with E-state index in [1.807, 2.05) is 29.0 Å². The number of fused-ring (bicyclic) bond motifs is 1. The second-order valence-electron chi connectivity index (χ2n) is 6.97. The molecule has 0 aliphatic rings. The minimum atomic E-state index is -0.523. The second-order valence-corrected chi connectivity index (χ2v) is 7.75. The van der Waals surface area contributed by atoms with Gasteiger partial charge in [-0.2, -0.15) is 16.3 Å². The Balaban J connectivity index is 1.33. The summed E-state index contributed by atoms with van der Waals surface area (Å²) in [6, 6.07) is 16.0. The van der Waals surface area contributed by atoms with Crippen LogP contribution in [0.2, 0.25) is 0 Å². The van der Waals surface area contributed by atoms with Gasteiger partial charge in [0.15, 0.2) is 6.61 Å². The van der Waals surface area contributed by atoms with Crippen LogP contribution in [0.4, 0.5) is 0 Å². The van der Waals surface area contributed by atoms with Crippen molar-refractivity contribution in [3.05, 3.63) is 98.5 Å². The summed E-state index contributed by atoms with van der Waals surface area (Å²) >= 11 is 1.52. The number of aromatic amines is 1. The first-order valence-electron chi connectivity index (χ1n) is 9.75. The molecule has 0 unspecified atom stereocenters. The van der Waals surface area contributed by atoms with E-state index in [2.05, 4.69) is 20.1 Å². The molecular weight excluding hydrogens is 428 g/mol. The van der Waals surface area contributed by atoms with Crippen molar-refractivity contribution in [1.29, 1.82) is 0 Å². The molecule has 0 atom stereocenters. The van der Waals surface area contributed by atoms with Gasteiger partial charge < -0.3 is 14.2 Å². The van der Waals surface area contributed by atoms with Gasteiger partial charge in [0, 0.05) is 11.8 Å². The lowest BCUT2D eigenvalue weighted by molar-refractivity contribution is 0.0458. The maximum absolute atomic E-state index is 12.7. The third-order valence-corrected chi connectivity index (χ3v) is 5.51. The smallest absolute Gasteiger partial charge is 0.338 e. The van der Waals surface area contributed by atoms with Crippen molar-refractivity contribution in [2.24, 2.45) is 0 Å². The van der Waals surface area contributed by atoms with Crippen LogP contribution in [0.25, 0.3) is 22.4 Å². The lowest BCUT2D eigenvalue weighted by Gasteiger charge is -2.09.